The molecular weight excluding hydrogens is 402 g/mol. The highest BCUT2D eigenvalue weighted by Gasteiger charge is 2.60. The van der Waals surface area contributed by atoms with Gasteiger partial charge in [0.25, 0.3) is 0 Å². The summed E-state index contributed by atoms with van der Waals surface area (Å²) < 4.78 is 6.24. The minimum atomic E-state index is -0.717. The van der Waals surface area contributed by atoms with Gasteiger partial charge in [-0.05, 0) is 85.0 Å². The van der Waals surface area contributed by atoms with E-state index in [1.54, 1.807) is 0 Å². The van der Waals surface area contributed by atoms with E-state index in [4.69, 9.17) is 4.74 Å². The first-order valence-corrected chi connectivity index (χ1v) is 12.9. The Balaban J connectivity index is 1.54. The highest BCUT2D eigenvalue weighted by atomic mass is 16.5. The fourth-order valence-electron chi connectivity index (χ4n) is 8.71. The highest BCUT2D eigenvalue weighted by molar-refractivity contribution is 5.71. The van der Waals surface area contributed by atoms with Gasteiger partial charge in [-0.1, -0.05) is 38.0 Å². The van der Waals surface area contributed by atoms with Crippen LogP contribution < -0.4 is 5.32 Å². The number of carbonyl (C=O) groups is 1. The molecule has 0 spiro atoms. The van der Waals surface area contributed by atoms with E-state index in [1.165, 1.54) is 17.6 Å². The monoisotopic (exact) mass is 443 g/mol. The van der Waals surface area contributed by atoms with Crippen LogP contribution in [-0.4, -0.2) is 48.1 Å². The summed E-state index contributed by atoms with van der Waals surface area (Å²) in [5.41, 5.74) is 4.19. The van der Waals surface area contributed by atoms with Gasteiger partial charge in [0, 0.05) is 13.1 Å². The molecule has 2 saturated carbocycles. The van der Waals surface area contributed by atoms with Crippen molar-refractivity contribution >= 4 is 5.97 Å². The van der Waals surface area contributed by atoms with Gasteiger partial charge in [0.2, 0.25) is 0 Å². The Morgan fingerprint density at radius 2 is 1.97 bits per heavy atom. The molecule has 0 aromatic rings. The summed E-state index contributed by atoms with van der Waals surface area (Å²) in [6, 6.07) is 0. The lowest BCUT2D eigenvalue weighted by molar-refractivity contribution is -0.136. The number of rotatable bonds is 4. The van der Waals surface area contributed by atoms with Crippen LogP contribution in [0.15, 0.2) is 22.8 Å². The summed E-state index contributed by atoms with van der Waals surface area (Å²) in [4.78, 5) is 11.8. The second-order valence-electron chi connectivity index (χ2n) is 11.7. The molecular formula is C27H41NO4. The van der Waals surface area contributed by atoms with Gasteiger partial charge in [-0.15, -0.1) is 0 Å². The van der Waals surface area contributed by atoms with Crippen molar-refractivity contribution in [1.82, 2.24) is 5.32 Å². The molecule has 4 aliphatic carbocycles. The third-order valence-electron chi connectivity index (χ3n) is 10.2. The molecule has 1 saturated heterocycles. The zero-order chi connectivity index (χ0) is 22.7. The number of carboxylic acids is 1. The fourth-order valence-corrected chi connectivity index (χ4v) is 8.71. The Morgan fingerprint density at radius 1 is 1.19 bits per heavy atom. The topological polar surface area (TPSA) is 78.8 Å². The summed E-state index contributed by atoms with van der Waals surface area (Å²) in [6.45, 7) is 9.57. The van der Waals surface area contributed by atoms with Crippen molar-refractivity contribution in [2.75, 3.05) is 19.7 Å². The summed E-state index contributed by atoms with van der Waals surface area (Å²) >= 11 is 0. The largest absolute Gasteiger partial charge is 0.481 e. The Morgan fingerprint density at radius 3 is 2.66 bits per heavy atom. The number of ether oxygens (including phenoxy) is 1. The zero-order valence-electron chi connectivity index (χ0n) is 20.0. The summed E-state index contributed by atoms with van der Waals surface area (Å²) in [5, 5.41) is 23.6. The lowest BCUT2D eigenvalue weighted by atomic mass is 9.45. The molecule has 3 N–H and O–H groups in total. The van der Waals surface area contributed by atoms with Gasteiger partial charge in [-0.3, -0.25) is 4.79 Å². The minimum absolute atomic E-state index is 0.0137. The number of aliphatic hydroxyl groups is 1. The predicted octanol–water partition coefficient (Wildman–Crippen LogP) is 4.32. The zero-order valence-corrected chi connectivity index (χ0v) is 20.0. The highest BCUT2D eigenvalue weighted by Crippen LogP contribution is 2.68. The molecule has 8 atom stereocenters. The number of hydrogen-bond acceptors (Lipinski definition) is 4. The van der Waals surface area contributed by atoms with Crippen LogP contribution in [0.2, 0.25) is 0 Å². The van der Waals surface area contributed by atoms with Crippen LogP contribution >= 0.6 is 0 Å². The first kappa shape index (κ1) is 22.6. The molecule has 5 rings (SSSR count). The van der Waals surface area contributed by atoms with Gasteiger partial charge < -0.3 is 20.3 Å². The number of aliphatic carboxylic acids is 1. The van der Waals surface area contributed by atoms with Gasteiger partial charge in [0.1, 0.15) is 0 Å². The Labute approximate surface area is 192 Å². The first-order valence-electron chi connectivity index (χ1n) is 12.9. The summed E-state index contributed by atoms with van der Waals surface area (Å²) in [6.07, 6.45) is 9.71. The SMILES string of the molecule is CCC1C=C2CC(O)CC[C@]2(C)[C@@H]2CC[C@]3(C)C(C4CNCCO4)=C(CC(=O)O)C[C@H]3[C@H]12. The third kappa shape index (κ3) is 3.42. The summed E-state index contributed by atoms with van der Waals surface area (Å²) in [5.74, 6) is 1.51. The van der Waals surface area contributed by atoms with E-state index in [1.807, 2.05) is 0 Å². The van der Waals surface area contributed by atoms with E-state index >= 15 is 0 Å². The number of carboxylic acid groups (broad SMARTS) is 1. The molecule has 5 aliphatic rings. The van der Waals surface area contributed by atoms with E-state index in [9.17, 15) is 15.0 Å². The van der Waals surface area contributed by atoms with E-state index in [2.05, 4.69) is 32.2 Å². The maximum Gasteiger partial charge on any atom is 0.307 e. The molecule has 0 aromatic heterocycles. The van der Waals surface area contributed by atoms with Crippen LogP contribution in [0.25, 0.3) is 0 Å². The van der Waals surface area contributed by atoms with Crippen molar-refractivity contribution in [2.24, 2.45) is 34.5 Å². The quantitative estimate of drug-likeness (QED) is 0.564. The Bertz CT molecular complexity index is 828. The van der Waals surface area contributed by atoms with E-state index < -0.39 is 5.97 Å². The van der Waals surface area contributed by atoms with Crippen LogP contribution in [0.5, 0.6) is 0 Å². The van der Waals surface area contributed by atoms with Crippen molar-refractivity contribution in [2.45, 2.75) is 84.3 Å². The van der Waals surface area contributed by atoms with Gasteiger partial charge in [0.15, 0.2) is 0 Å². The third-order valence-corrected chi connectivity index (χ3v) is 10.2. The number of fused-ring (bicyclic) bond motifs is 5. The predicted molar refractivity (Wildman–Crippen MR) is 124 cm³/mol. The van der Waals surface area contributed by atoms with Crippen molar-refractivity contribution < 1.29 is 19.7 Å². The smallest absolute Gasteiger partial charge is 0.307 e. The average molecular weight is 444 g/mol. The molecule has 178 valence electrons. The van der Waals surface area contributed by atoms with Crippen LogP contribution in [0, 0.1) is 34.5 Å². The number of morpholine rings is 1. The van der Waals surface area contributed by atoms with Crippen molar-refractivity contribution in [3.8, 4) is 0 Å². The second kappa shape index (κ2) is 8.25. The molecule has 0 bridgehead atoms. The molecule has 0 amide bonds. The van der Waals surface area contributed by atoms with Gasteiger partial charge in [-0.25, -0.2) is 0 Å². The molecule has 3 unspecified atom stereocenters. The van der Waals surface area contributed by atoms with E-state index in [0.717, 1.165) is 57.2 Å². The standard InChI is InChI=1S/C27H41NO4/c1-4-16-11-18-14-19(29)5-7-26(18,2)20-6-8-27(3)21(24(16)20)12-17(13-23(30)31)25(27)22-15-28-9-10-32-22/h11,16,19-22,24,28-29H,4-10,12-15H2,1-3H3,(H,30,31)/t16?,19?,20-,21+,22?,24-,26+,27+/m1/s1. The van der Waals surface area contributed by atoms with Crippen molar-refractivity contribution in [1.29, 1.82) is 0 Å². The Hall–Kier alpha value is -1.17. The molecule has 32 heavy (non-hydrogen) atoms. The molecule has 5 heteroatoms. The number of allylic oxidation sites excluding steroid dienone is 1. The fraction of sp³-hybridized carbons (Fsp3) is 0.815. The molecule has 5 nitrogen and oxygen atoms in total. The molecule has 0 aromatic carbocycles. The number of aliphatic hydroxyl groups excluding tert-OH is 1. The maximum absolute atomic E-state index is 11.8. The normalized spacial score (nSPS) is 46.2. The van der Waals surface area contributed by atoms with Crippen molar-refractivity contribution in [3.05, 3.63) is 22.8 Å². The summed E-state index contributed by atoms with van der Waals surface area (Å²) in [7, 11) is 0. The second-order valence-corrected chi connectivity index (χ2v) is 11.7. The van der Waals surface area contributed by atoms with Crippen LogP contribution in [-0.2, 0) is 9.53 Å². The van der Waals surface area contributed by atoms with Crippen LogP contribution in [0.4, 0.5) is 0 Å². The molecule has 3 fully saturated rings. The van der Waals surface area contributed by atoms with Gasteiger partial charge >= 0.3 is 5.97 Å². The van der Waals surface area contributed by atoms with Gasteiger partial charge in [-0.2, -0.15) is 0 Å². The van der Waals surface area contributed by atoms with Crippen LogP contribution in [0.1, 0.15) is 72.1 Å². The number of hydrogen-bond donors (Lipinski definition) is 3. The van der Waals surface area contributed by atoms with E-state index in [-0.39, 0.29) is 29.5 Å². The maximum atomic E-state index is 11.8. The molecule has 1 heterocycles. The van der Waals surface area contributed by atoms with Crippen LogP contribution in [0.3, 0.4) is 0 Å². The lowest BCUT2D eigenvalue weighted by Crippen LogP contribution is -2.54. The molecule has 0 radical (unpaired) electrons. The average Bonchev–Trinajstić information content (AvgIpc) is 3.05. The van der Waals surface area contributed by atoms with Gasteiger partial charge in [0.05, 0.1) is 25.2 Å². The Kier molecular flexibility index (Phi) is 5.83. The lowest BCUT2D eigenvalue weighted by Gasteiger charge is -2.60. The van der Waals surface area contributed by atoms with Crippen molar-refractivity contribution in [3.63, 3.8) is 0 Å². The number of nitrogens with one attached hydrogen (secondary N) is 1. The first-order chi connectivity index (χ1) is 15.3. The minimum Gasteiger partial charge on any atom is -0.481 e. The molecule has 1 aliphatic heterocycles. The van der Waals surface area contributed by atoms with E-state index in [0.29, 0.717) is 30.3 Å².